The largest absolute Gasteiger partial charge is 0.478 e. The SMILES string of the molecule is CC(C)(C)OC(=O)NC1CCCN(c2ccc(-c3ccccc3C(=O)O)cc2)C1=O. The molecular formula is C23H26N2O5. The number of carbonyl (C=O) groups excluding carboxylic acids is 2. The number of alkyl carbamates (subject to hydrolysis) is 1. The molecule has 158 valence electrons. The van der Waals surface area contributed by atoms with E-state index in [2.05, 4.69) is 5.32 Å². The normalized spacial score (nSPS) is 16.8. The number of rotatable bonds is 4. The van der Waals surface area contributed by atoms with Crippen molar-refractivity contribution in [2.75, 3.05) is 11.4 Å². The first-order valence-electron chi connectivity index (χ1n) is 9.89. The van der Waals surface area contributed by atoms with Crippen molar-refractivity contribution in [3.8, 4) is 11.1 Å². The van der Waals surface area contributed by atoms with Crippen molar-refractivity contribution in [1.82, 2.24) is 5.32 Å². The van der Waals surface area contributed by atoms with Gasteiger partial charge in [0.05, 0.1) is 5.56 Å². The van der Waals surface area contributed by atoms with Crippen LogP contribution in [0.5, 0.6) is 0 Å². The molecule has 7 heteroatoms. The molecule has 1 aliphatic heterocycles. The fraction of sp³-hybridized carbons (Fsp3) is 0.348. The lowest BCUT2D eigenvalue weighted by molar-refractivity contribution is -0.121. The minimum atomic E-state index is -0.989. The smallest absolute Gasteiger partial charge is 0.408 e. The van der Waals surface area contributed by atoms with Gasteiger partial charge in [0.15, 0.2) is 0 Å². The molecule has 0 saturated carbocycles. The van der Waals surface area contributed by atoms with Crippen molar-refractivity contribution >= 4 is 23.7 Å². The molecule has 7 nitrogen and oxygen atoms in total. The Morgan fingerprint density at radius 3 is 2.40 bits per heavy atom. The second-order valence-corrected chi connectivity index (χ2v) is 8.23. The van der Waals surface area contributed by atoms with Crippen LogP contribution in [-0.4, -0.2) is 41.3 Å². The van der Waals surface area contributed by atoms with Crippen LogP contribution < -0.4 is 10.2 Å². The molecule has 0 spiro atoms. The van der Waals surface area contributed by atoms with Gasteiger partial charge in [-0.2, -0.15) is 0 Å². The van der Waals surface area contributed by atoms with Crippen molar-refractivity contribution in [3.05, 3.63) is 54.1 Å². The Hall–Kier alpha value is -3.35. The summed E-state index contributed by atoms with van der Waals surface area (Å²) in [6, 6.07) is 13.3. The van der Waals surface area contributed by atoms with Crippen molar-refractivity contribution in [2.24, 2.45) is 0 Å². The van der Waals surface area contributed by atoms with Crippen molar-refractivity contribution < 1.29 is 24.2 Å². The summed E-state index contributed by atoms with van der Waals surface area (Å²) in [5.41, 5.74) is 1.66. The van der Waals surface area contributed by atoms with Gasteiger partial charge < -0.3 is 20.1 Å². The number of hydrogen-bond acceptors (Lipinski definition) is 4. The van der Waals surface area contributed by atoms with Crippen LogP contribution in [0.2, 0.25) is 0 Å². The van der Waals surface area contributed by atoms with Crippen LogP contribution in [-0.2, 0) is 9.53 Å². The highest BCUT2D eigenvalue weighted by atomic mass is 16.6. The Morgan fingerprint density at radius 1 is 1.10 bits per heavy atom. The maximum Gasteiger partial charge on any atom is 0.408 e. The molecule has 2 N–H and O–H groups in total. The van der Waals surface area contributed by atoms with Gasteiger partial charge in [-0.25, -0.2) is 9.59 Å². The quantitative estimate of drug-likeness (QED) is 0.792. The number of benzene rings is 2. The first kappa shape index (κ1) is 21.4. The van der Waals surface area contributed by atoms with E-state index in [-0.39, 0.29) is 11.5 Å². The van der Waals surface area contributed by atoms with E-state index in [1.807, 2.05) is 0 Å². The van der Waals surface area contributed by atoms with Crippen LogP contribution >= 0.6 is 0 Å². The van der Waals surface area contributed by atoms with Gasteiger partial charge in [0.1, 0.15) is 11.6 Å². The average molecular weight is 410 g/mol. The number of amides is 2. The summed E-state index contributed by atoms with van der Waals surface area (Å²) in [5, 5.41) is 12.1. The van der Waals surface area contributed by atoms with Gasteiger partial charge >= 0.3 is 12.1 Å². The zero-order valence-electron chi connectivity index (χ0n) is 17.3. The summed E-state index contributed by atoms with van der Waals surface area (Å²) < 4.78 is 5.26. The molecule has 1 fully saturated rings. The molecule has 0 aliphatic carbocycles. The highest BCUT2D eigenvalue weighted by Gasteiger charge is 2.32. The Balaban J connectivity index is 1.75. The number of anilines is 1. The molecule has 1 unspecified atom stereocenters. The zero-order chi connectivity index (χ0) is 21.9. The van der Waals surface area contributed by atoms with Crippen molar-refractivity contribution in [2.45, 2.75) is 45.3 Å². The standard InChI is InChI=1S/C23H26N2O5/c1-23(2,3)30-22(29)24-19-9-6-14-25(20(19)26)16-12-10-15(11-13-16)17-7-4-5-8-18(17)21(27)28/h4-5,7-8,10-13,19H,6,9,14H2,1-3H3,(H,24,29)(H,27,28). The molecule has 0 bridgehead atoms. The van der Waals surface area contributed by atoms with Gasteiger partial charge in [-0.1, -0.05) is 30.3 Å². The van der Waals surface area contributed by atoms with Gasteiger partial charge in [-0.15, -0.1) is 0 Å². The second-order valence-electron chi connectivity index (χ2n) is 8.23. The molecule has 1 atom stereocenters. The third kappa shape index (κ3) is 4.97. The van der Waals surface area contributed by atoms with E-state index in [1.54, 1.807) is 74.2 Å². The van der Waals surface area contributed by atoms with Gasteiger partial charge in [-0.3, -0.25) is 4.79 Å². The summed E-state index contributed by atoms with van der Waals surface area (Å²) in [6.45, 7) is 5.86. The minimum Gasteiger partial charge on any atom is -0.478 e. The number of carboxylic acids is 1. The van der Waals surface area contributed by atoms with E-state index in [1.165, 1.54) is 0 Å². The van der Waals surface area contributed by atoms with Crippen LogP contribution in [0.15, 0.2) is 48.5 Å². The number of nitrogens with zero attached hydrogens (tertiary/aromatic N) is 1. The van der Waals surface area contributed by atoms with Crippen molar-refractivity contribution in [1.29, 1.82) is 0 Å². The number of ether oxygens (including phenoxy) is 1. The molecule has 0 aromatic heterocycles. The highest BCUT2D eigenvalue weighted by Crippen LogP contribution is 2.28. The molecule has 0 radical (unpaired) electrons. The van der Waals surface area contributed by atoms with E-state index in [0.717, 1.165) is 12.0 Å². The van der Waals surface area contributed by atoms with E-state index < -0.39 is 23.7 Å². The summed E-state index contributed by atoms with van der Waals surface area (Å²) in [7, 11) is 0. The maximum atomic E-state index is 12.9. The molecule has 3 rings (SSSR count). The molecular weight excluding hydrogens is 384 g/mol. The molecule has 1 saturated heterocycles. The first-order chi connectivity index (χ1) is 14.2. The van der Waals surface area contributed by atoms with Crippen LogP contribution in [0, 0.1) is 0 Å². The Kier molecular flexibility index (Phi) is 6.10. The van der Waals surface area contributed by atoms with Crippen molar-refractivity contribution in [3.63, 3.8) is 0 Å². The summed E-state index contributed by atoms with van der Waals surface area (Å²) in [5.74, 6) is -1.18. The summed E-state index contributed by atoms with van der Waals surface area (Å²) >= 11 is 0. The lowest BCUT2D eigenvalue weighted by Crippen LogP contribution is -2.53. The third-order valence-electron chi connectivity index (χ3n) is 4.78. The van der Waals surface area contributed by atoms with E-state index in [0.29, 0.717) is 24.2 Å². The van der Waals surface area contributed by atoms with E-state index >= 15 is 0 Å². The fourth-order valence-electron chi connectivity index (χ4n) is 3.46. The number of piperidine rings is 1. The molecule has 1 heterocycles. The number of carbonyl (C=O) groups is 3. The van der Waals surface area contributed by atoms with Gasteiger partial charge in [-0.05, 0) is 62.9 Å². The molecule has 2 aromatic carbocycles. The Labute approximate surface area is 175 Å². The van der Waals surface area contributed by atoms with Gasteiger partial charge in [0.2, 0.25) is 5.91 Å². The van der Waals surface area contributed by atoms with Gasteiger partial charge in [0.25, 0.3) is 0 Å². The number of hydrogen-bond donors (Lipinski definition) is 2. The topological polar surface area (TPSA) is 95.9 Å². The maximum absolute atomic E-state index is 12.9. The lowest BCUT2D eigenvalue weighted by atomic mass is 9.98. The Bertz CT molecular complexity index is 947. The predicted molar refractivity (Wildman–Crippen MR) is 114 cm³/mol. The van der Waals surface area contributed by atoms with Crippen LogP contribution in [0.3, 0.4) is 0 Å². The Morgan fingerprint density at radius 2 is 1.77 bits per heavy atom. The number of carboxylic acid groups (broad SMARTS) is 1. The second kappa shape index (κ2) is 8.57. The third-order valence-corrected chi connectivity index (χ3v) is 4.78. The van der Waals surface area contributed by atoms with E-state index in [9.17, 15) is 19.5 Å². The molecule has 1 aliphatic rings. The average Bonchev–Trinajstić information content (AvgIpc) is 2.68. The first-order valence-corrected chi connectivity index (χ1v) is 9.89. The number of aromatic carboxylic acids is 1. The molecule has 30 heavy (non-hydrogen) atoms. The van der Waals surface area contributed by atoms with Gasteiger partial charge in [0, 0.05) is 12.2 Å². The zero-order valence-corrected chi connectivity index (χ0v) is 17.3. The summed E-state index contributed by atoms with van der Waals surface area (Å²) in [4.78, 5) is 38.1. The minimum absolute atomic E-state index is 0.189. The molecule has 2 aromatic rings. The van der Waals surface area contributed by atoms with Crippen LogP contribution in [0.1, 0.15) is 44.0 Å². The predicted octanol–water partition coefficient (Wildman–Crippen LogP) is 4.07. The highest BCUT2D eigenvalue weighted by molar-refractivity contribution is 6.00. The number of nitrogens with one attached hydrogen (secondary N) is 1. The summed E-state index contributed by atoms with van der Waals surface area (Å²) in [6.07, 6.45) is 0.692. The molecule has 2 amide bonds. The monoisotopic (exact) mass is 410 g/mol. The fourth-order valence-corrected chi connectivity index (χ4v) is 3.46. The van der Waals surface area contributed by atoms with Crippen LogP contribution in [0.4, 0.5) is 10.5 Å². The van der Waals surface area contributed by atoms with Crippen LogP contribution in [0.25, 0.3) is 11.1 Å². The lowest BCUT2D eigenvalue weighted by Gasteiger charge is -2.33. The van der Waals surface area contributed by atoms with E-state index in [4.69, 9.17) is 4.74 Å².